The Labute approximate surface area is 156 Å². The SMILES string of the molecule is COc1ncc(CN2CC[C@@H]3[C@@H](CO[C@H]3CC(=O)NC(C)C)C2)cc1C. The minimum Gasteiger partial charge on any atom is -0.481 e. The van der Waals surface area contributed by atoms with E-state index in [1.807, 2.05) is 27.0 Å². The first kappa shape index (κ1) is 19.1. The van der Waals surface area contributed by atoms with E-state index in [1.165, 1.54) is 5.56 Å². The molecule has 0 aliphatic carbocycles. The van der Waals surface area contributed by atoms with Crippen molar-refractivity contribution >= 4 is 5.91 Å². The molecule has 2 saturated heterocycles. The molecule has 0 aromatic carbocycles. The molecule has 144 valence electrons. The second-order valence-corrected chi connectivity index (χ2v) is 7.92. The molecule has 0 unspecified atom stereocenters. The van der Waals surface area contributed by atoms with E-state index in [0.717, 1.165) is 38.2 Å². The molecule has 2 fully saturated rings. The van der Waals surface area contributed by atoms with Gasteiger partial charge in [-0.1, -0.05) is 0 Å². The van der Waals surface area contributed by atoms with Crippen molar-refractivity contribution in [3.05, 3.63) is 23.4 Å². The number of piperidine rings is 1. The predicted octanol–water partition coefficient (Wildman–Crippen LogP) is 2.15. The zero-order valence-electron chi connectivity index (χ0n) is 16.3. The second kappa shape index (κ2) is 8.35. The number of carbonyl (C=O) groups excluding carboxylic acids is 1. The Morgan fingerprint density at radius 3 is 3.00 bits per heavy atom. The number of aryl methyl sites for hydroxylation is 1. The Balaban J connectivity index is 1.53. The van der Waals surface area contributed by atoms with Gasteiger partial charge in [0.15, 0.2) is 0 Å². The van der Waals surface area contributed by atoms with Crippen LogP contribution in [0.4, 0.5) is 0 Å². The van der Waals surface area contributed by atoms with Gasteiger partial charge in [0.05, 0.1) is 26.2 Å². The molecule has 2 aliphatic rings. The predicted molar refractivity (Wildman–Crippen MR) is 100 cm³/mol. The van der Waals surface area contributed by atoms with Crippen LogP contribution in [0.5, 0.6) is 5.88 Å². The van der Waals surface area contributed by atoms with E-state index in [0.29, 0.717) is 24.1 Å². The third-order valence-corrected chi connectivity index (χ3v) is 5.40. The van der Waals surface area contributed by atoms with Crippen molar-refractivity contribution in [1.29, 1.82) is 0 Å². The van der Waals surface area contributed by atoms with Gasteiger partial charge in [0.25, 0.3) is 0 Å². The minimum atomic E-state index is 0.0748. The van der Waals surface area contributed by atoms with Crippen LogP contribution in [0.2, 0.25) is 0 Å². The van der Waals surface area contributed by atoms with Gasteiger partial charge >= 0.3 is 0 Å². The van der Waals surface area contributed by atoms with Crippen LogP contribution in [-0.2, 0) is 16.1 Å². The number of pyridine rings is 1. The first-order valence-electron chi connectivity index (χ1n) is 9.59. The van der Waals surface area contributed by atoms with Crippen LogP contribution in [0.25, 0.3) is 0 Å². The standard InChI is InChI=1S/C20H31N3O3/c1-13(2)22-19(24)8-18-17-5-6-23(11-16(17)12-26-18)10-15-7-14(3)20(25-4)21-9-15/h7,9,13,16-18H,5-6,8,10-12H2,1-4H3,(H,22,24)/t16-,17-,18+/m1/s1. The van der Waals surface area contributed by atoms with E-state index in [2.05, 4.69) is 21.3 Å². The summed E-state index contributed by atoms with van der Waals surface area (Å²) in [6, 6.07) is 2.34. The third-order valence-electron chi connectivity index (χ3n) is 5.40. The number of hydrogen-bond acceptors (Lipinski definition) is 5. The van der Waals surface area contributed by atoms with Crippen molar-refractivity contribution in [2.24, 2.45) is 11.8 Å². The van der Waals surface area contributed by atoms with Crippen molar-refractivity contribution in [2.45, 2.75) is 52.3 Å². The Morgan fingerprint density at radius 2 is 2.31 bits per heavy atom. The number of hydrogen-bond donors (Lipinski definition) is 1. The summed E-state index contributed by atoms with van der Waals surface area (Å²) in [7, 11) is 1.65. The third kappa shape index (κ3) is 4.54. The highest BCUT2D eigenvalue weighted by Gasteiger charge is 2.41. The first-order valence-corrected chi connectivity index (χ1v) is 9.59. The fourth-order valence-corrected chi connectivity index (χ4v) is 4.26. The number of nitrogens with one attached hydrogen (secondary N) is 1. The summed E-state index contributed by atoms with van der Waals surface area (Å²) in [4.78, 5) is 18.9. The number of rotatable bonds is 6. The number of nitrogens with zero attached hydrogens (tertiary/aromatic N) is 2. The fourth-order valence-electron chi connectivity index (χ4n) is 4.26. The maximum absolute atomic E-state index is 12.1. The number of fused-ring (bicyclic) bond motifs is 1. The Morgan fingerprint density at radius 1 is 1.50 bits per heavy atom. The van der Waals surface area contributed by atoms with Crippen molar-refractivity contribution < 1.29 is 14.3 Å². The smallest absolute Gasteiger partial charge is 0.222 e. The van der Waals surface area contributed by atoms with Crippen molar-refractivity contribution in [1.82, 2.24) is 15.2 Å². The van der Waals surface area contributed by atoms with E-state index in [4.69, 9.17) is 9.47 Å². The highest BCUT2D eigenvalue weighted by Crippen LogP contribution is 2.36. The van der Waals surface area contributed by atoms with Crippen LogP contribution < -0.4 is 10.1 Å². The van der Waals surface area contributed by atoms with Gasteiger partial charge in [-0.05, 0) is 51.3 Å². The molecular weight excluding hydrogens is 330 g/mol. The van der Waals surface area contributed by atoms with E-state index in [1.54, 1.807) is 7.11 Å². The molecule has 1 aromatic heterocycles. The van der Waals surface area contributed by atoms with E-state index < -0.39 is 0 Å². The summed E-state index contributed by atoms with van der Waals surface area (Å²) < 4.78 is 11.2. The molecule has 0 spiro atoms. The molecular formula is C20H31N3O3. The number of likely N-dealkylation sites (tertiary alicyclic amines) is 1. The minimum absolute atomic E-state index is 0.0748. The molecule has 0 radical (unpaired) electrons. The van der Waals surface area contributed by atoms with E-state index in [9.17, 15) is 4.79 Å². The fraction of sp³-hybridized carbons (Fsp3) is 0.700. The molecule has 3 rings (SSSR count). The molecule has 26 heavy (non-hydrogen) atoms. The van der Waals surface area contributed by atoms with Gasteiger partial charge in [-0.25, -0.2) is 4.98 Å². The van der Waals surface area contributed by atoms with Crippen LogP contribution in [0, 0.1) is 18.8 Å². The van der Waals surface area contributed by atoms with Gasteiger partial charge in [0.2, 0.25) is 11.8 Å². The average Bonchev–Trinajstić information content (AvgIpc) is 2.96. The van der Waals surface area contributed by atoms with Gasteiger partial charge in [-0.15, -0.1) is 0 Å². The molecule has 6 nitrogen and oxygen atoms in total. The van der Waals surface area contributed by atoms with Crippen molar-refractivity contribution in [3.63, 3.8) is 0 Å². The normalized spacial score (nSPS) is 26.0. The molecule has 1 aromatic rings. The monoisotopic (exact) mass is 361 g/mol. The zero-order chi connectivity index (χ0) is 18.7. The lowest BCUT2D eigenvalue weighted by atomic mass is 9.83. The molecule has 0 saturated carbocycles. The quantitative estimate of drug-likeness (QED) is 0.841. The summed E-state index contributed by atoms with van der Waals surface area (Å²) in [6.45, 7) is 9.74. The maximum Gasteiger partial charge on any atom is 0.222 e. The van der Waals surface area contributed by atoms with E-state index in [-0.39, 0.29) is 18.1 Å². The highest BCUT2D eigenvalue weighted by molar-refractivity contribution is 5.76. The number of carbonyl (C=O) groups is 1. The van der Waals surface area contributed by atoms with E-state index >= 15 is 0 Å². The summed E-state index contributed by atoms with van der Waals surface area (Å²) in [6.07, 6.45) is 3.56. The summed E-state index contributed by atoms with van der Waals surface area (Å²) in [5.74, 6) is 1.82. The summed E-state index contributed by atoms with van der Waals surface area (Å²) in [5, 5.41) is 2.97. The molecule has 3 atom stereocenters. The second-order valence-electron chi connectivity index (χ2n) is 7.92. The van der Waals surface area contributed by atoms with Crippen molar-refractivity contribution in [3.8, 4) is 5.88 Å². The lowest BCUT2D eigenvalue weighted by Gasteiger charge is -2.35. The number of methoxy groups -OCH3 is 1. The Kier molecular flexibility index (Phi) is 6.14. The molecule has 6 heteroatoms. The number of aromatic nitrogens is 1. The summed E-state index contributed by atoms with van der Waals surface area (Å²) in [5.41, 5.74) is 2.29. The zero-order valence-corrected chi connectivity index (χ0v) is 16.3. The van der Waals surface area contributed by atoms with Crippen LogP contribution >= 0.6 is 0 Å². The molecule has 3 heterocycles. The van der Waals surface area contributed by atoms with Crippen LogP contribution in [0.15, 0.2) is 12.3 Å². The lowest BCUT2D eigenvalue weighted by Crippen LogP contribution is -2.42. The Hall–Kier alpha value is -1.66. The highest BCUT2D eigenvalue weighted by atomic mass is 16.5. The lowest BCUT2D eigenvalue weighted by molar-refractivity contribution is -0.124. The molecule has 1 N–H and O–H groups in total. The molecule has 2 aliphatic heterocycles. The molecule has 0 bridgehead atoms. The maximum atomic E-state index is 12.1. The van der Waals surface area contributed by atoms with Gasteiger partial charge in [-0.3, -0.25) is 9.69 Å². The van der Waals surface area contributed by atoms with Crippen LogP contribution in [0.3, 0.4) is 0 Å². The number of amides is 1. The van der Waals surface area contributed by atoms with Gasteiger partial charge in [0, 0.05) is 36.8 Å². The van der Waals surface area contributed by atoms with Gasteiger partial charge in [-0.2, -0.15) is 0 Å². The number of ether oxygens (including phenoxy) is 2. The Bertz CT molecular complexity index is 635. The van der Waals surface area contributed by atoms with Crippen LogP contribution in [-0.4, -0.2) is 54.7 Å². The van der Waals surface area contributed by atoms with Crippen molar-refractivity contribution in [2.75, 3.05) is 26.8 Å². The largest absolute Gasteiger partial charge is 0.481 e. The molecule has 1 amide bonds. The average molecular weight is 361 g/mol. The summed E-state index contributed by atoms with van der Waals surface area (Å²) >= 11 is 0. The topological polar surface area (TPSA) is 63.7 Å². The van der Waals surface area contributed by atoms with Gasteiger partial charge in [0.1, 0.15) is 0 Å². The first-order chi connectivity index (χ1) is 12.5. The van der Waals surface area contributed by atoms with Gasteiger partial charge < -0.3 is 14.8 Å². The van der Waals surface area contributed by atoms with Crippen LogP contribution in [0.1, 0.15) is 37.8 Å².